The molecule has 2 aromatic carbocycles. The van der Waals surface area contributed by atoms with Crippen LogP contribution in [0, 0.1) is 12.7 Å². The number of benzene rings is 2. The van der Waals surface area contributed by atoms with E-state index in [1.54, 1.807) is 6.92 Å². The van der Waals surface area contributed by atoms with Gasteiger partial charge in [0, 0.05) is 29.3 Å². The molecule has 1 aromatic heterocycles. The molecule has 0 fully saturated rings. The van der Waals surface area contributed by atoms with Gasteiger partial charge < -0.3 is 15.3 Å². The topological polar surface area (TPSA) is 115 Å². The molecule has 8 heteroatoms. The fourth-order valence-corrected chi connectivity index (χ4v) is 2.60. The molecule has 0 saturated carbocycles. The number of carbonyl (C=O) groups is 1. The number of nitrogens with zero attached hydrogens (tertiary/aromatic N) is 2. The van der Waals surface area contributed by atoms with Gasteiger partial charge in [-0.25, -0.2) is 9.82 Å². The number of aromatic hydroxyl groups is 3. The molecule has 27 heavy (non-hydrogen) atoms. The van der Waals surface area contributed by atoms with E-state index in [-0.39, 0.29) is 12.0 Å². The van der Waals surface area contributed by atoms with Crippen molar-refractivity contribution in [2.45, 2.75) is 13.3 Å². The molecule has 0 aliphatic carbocycles. The third kappa shape index (κ3) is 3.79. The molecular weight excluding hydrogens is 353 g/mol. The molecule has 0 saturated heterocycles. The highest BCUT2D eigenvalue weighted by Crippen LogP contribution is 2.36. The molecule has 1 amide bonds. The minimum absolute atomic E-state index is 0.102. The molecule has 4 N–H and O–H groups in total. The summed E-state index contributed by atoms with van der Waals surface area (Å²) in [6.07, 6.45) is 1.42. The number of halogens is 1. The zero-order chi connectivity index (χ0) is 19.6. The van der Waals surface area contributed by atoms with Crippen molar-refractivity contribution in [3.63, 3.8) is 0 Å². The Balaban J connectivity index is 1.77. The molecule has 7 nitrogen and oxygen atoms in total. The number of aromatic nitrogens is 1. The Bertz CT molecular complexity index is 1070. The van der Waals surface area contributed by atoms with Gasteiger partial charge in [0.2, 0.25) is 5.75 Å². The van der Waals surface area contributed by atoms with E-state index < -0.39 is 29.0 Å². The van der Waals surface area contributed by atoms with Crippen LogP contribution in [0.15, 0.2) is 41.5 Å². The van der Waals surface area contributed by atoms with Crippen molar-refractivity contribution in [2.24, 2.45) is 5.10 Å². The Morgan fingerprint density at radius 2 is 1.96 bits per heavy atom. The van der Waals surface area contributed by atoms with Crippen molar-refractivity contribution in [1.82, 2.24) is 10.4 Å². The molecule has 0 atom stereocenters. The number of carbonyl (C=O) groups excluding carboxylic acids is 1. The lowest BCUT2D eigenvalue weighted by Gasteiger charge is -2.07. The van der Waals surface area contributed by atoms with Crippen LogP contribution in [0.2, 0.25) is 0 Å². The summed E-state index contributed by atoms with van der Waals surface area (Å²) in [4.78, 5) is 16.7. The highest BCUT2D eigenvalue weighted by Gasteiger charge is 2.13. The summed E-state index contributed by atoms with van der Waals surface area (Å²) in [5.74, 6) is -2.53. The average Bonchev–Trinajstić information content (AvgIpc) is 2.64. The first kappa shape index (κ1) is 18.1. The predicted molar refractivity (Wildman–Crippen MR) is 97.5 cm³/mol. The van der Waals surface area contributed by atoms with E-state index in [4.69, 9.17) is 0 Å². The first-order chi connectivity index (χ1) is 12.9. The second-order valence-electron chi connectivity index (χ2n) is 5.87. The minimum Gasteiger partial charge on any atom is -0.504 e. The summed E-state index contributed by atoms with van der Waals surface area (Å²) in [6.45, 7) is 1.73. The first-order valence-electron chi connectivity index (χ1n) is 7.98. The highest BCUT2D eigenvalue weighted by atomic mass is 19.1. The fraction of sp³-hybridized carbons (Fsp3) is 0.105. The summed E-state index contributed by atoms with van der Waals surface area (Å²) in [5, 5.41) is 32.7. The molecule has 0 aliphatic heterocycles. The number of pyridine rings is 1. The Morgan fingerprint density at radius 1 is 1.19 bits per heavy atom. The van der Waals surface area contributed by atoms with Crippen LogP contribution < -0.4 is 5.43 Å². The highest BCUT2D eigenvalue weighted by molar-refractivity contribution is 6.06. The van der Waals surface area contributed by atoms with Gasteiger partial charge in [-0.1, -0.05) is 6.07 Å². The number of rotatable bonds is 4. The number of amides is 1. The summed E-state index contributed by atoms with van der Waals surface area (Å²) < 4.78 is 13.5. The SMILES string of the molecule is Cc1cc(C(=O)NN=CCc2ccc(O)c(O)c2O)c2cc(F)ccc2n1. The normalized spacial score (nSPS) is 11.2. The van der Waals surface area contributed by atoms with Crippen molar-refractivity contribution in [3.8, 4) is 17.2 Å². The monoisotopic (exact) mass is 369 g/mol. The molecule has 0 aliphatic rings. The summed E-state index contributed by atoms with van der Waals surface area (Å²) in [7, 11) is 0. The number of hydrogen-bond donors (Lipinski definition) is 4. The van der Waals surface area contributed by atoms with E-state index in [0.717, 1.165) is 0 Å². The molecule has 138 valence electrons. The number of phenols is 3. The van der Waals surface area contributed by atoms with Crippen LogP contribution in [-0.4, -0.2) is 32.4 Å². The third-order valence-corrected chi connectivity index (χ3v) is 3.93. The van der Waals surface area contributed by atoms with Crippen molar-refractivity contribution >= 4 is 23.0 Å². The predicted octanol–water partition coefficient (Wildman–Crippen LogP) is 2.76. The van der Waals surface area contributed by atoms with Crippen LogP contribution in [0.1, 0.15) is 21.6 Å². The van der Waals surface area contributed by atoms with Crippen LogP contribution in [0.25, 0.3) is 10.9 Å². The van der Waals surface area contributed by atoms with Crippen LogP contribution >= 0.6 is 0 Å². The van der Waals surface area contributed by atoms with Gasteiger partial charge in [0.05, 0.1) is 11.1 Å². The molecular formula is C19H16FN3O4. The molecule has 0 bridgehead atoms. The van der Waals surface area contributed by atoms with Crippen LogP contribution in [-0.2, 0) is 6.42 Å². The van der Waals surface area contributed by atoms with E-state index in [9.17, 15) is 24.5 Å². The van der Waals surface area contributed by atoms with E-state index in [1.807, 2.05) is 0 Å². The number of fused-ring (bicyclic) bond motifs is 1. The van der Waals surface area contributed by atoms with Gasteiger partial charge >= 0.3 is 0 Å². The van der Waals surface area contributed by atoms with E-state index in [2.05, 4.69) is 15.5 Å². The Kier molecular flexibility index (Phi) is 4.89. The Hall–Kier alpha value is -3.68. The second-order valence-corrected chi connectivity index (χ2v) is 5.87. The number of phenolic OH excluding ortho intramolecular Hbond substituents is 3. The lowest BCUT2D eigenvalue weighted by atomic mass is 10.1. The Morgan fingerprint density at radius 3 is 2.74 bits per heavy atom. The molecule has 0 radical (unpaired) electrons. The quantitative estimate of drug-likeness (QED) is 0.321. The van der Waals surface area contributed by atoms with Crippen LogP contribution in [0.5, 0.6) is 17.2 Å². The lowest BCUT2D eigenvalue weighted by Crippen LogP contribution is -2.18. The van der Waals surface area contributed by atoms with Crippen LogP contribution in [0.4, 0.5) is 4.39 Å². The van der Waals surface area contributed by atoms with Gasteiger partial charge in [-0.15, -0.1) is 0 Å². The van der Waals surface area contributed by atoms with Crippen molar-refractivity contribution < 1.29 is 24.5 Å². The summed E-state index contributed by atoms with van der Waals surface area (Å²) in [5.41, 5.74) is 3.99. The smallest absolute Gasteiger partial charge is 0.272 e. The van der Waals surface area contributed by atoms with Gasteiger partial charge in [0.25, 0.3) is 5.91 Å². The minimum atomic E-state index is -0.620. The fourth-order valence-electron chi connectivity index (χ4n) is 2.60. The molecule has 3 rings (SSSR count). The van der Waals surface area contributed by atoms with E-state index >= 15 is 0 Å². The van der Waals surface area contributed by atoms with E-state index in [1.165, 1.54) is 42.6 Å². The van der Waals surface area contributed by atoms with Gasteiger partial charge in [0.1, 0.15) is 5.82 Å². The van der Waals surface area contributed by atoms with Gasteiger partial charge in [-0.2, -0.15) is 5.10 Å². The molecule has 1 heterocycles. The molecule has 0 unspecified atom stereocenters. The average molecular weight is 369 g/mol. The van der Waals surface area contributed by atoms with Gasteiger partial charge in [0.15, 0.2) is 11.5 Å². The van der Waals surface area contributed by atoms with Gasteiger partial charge in [-0.3, -0.25) is 9.78 Å². The van der Waals surface area contributed by atoms with Crippen molar-refractivity contribution in [1.29, 1.82) is 0 Å². The zero-order valence-corrected chi connectivity index (χ0v) is 14.3. The largest absolute Gasteiger partial charge is 0.504 e. The van der Waals surface area contributed by atoms with E-state index in [0.29, 0.717) is 22.2 Å². The zero-order valence-electron chi connectivity index (χ0n) is 14.3. The van der Waals surface area contributed by atoms with Crippen molar-refractivity contribution in [2.75, 3.05) is 0 Å². The third-order valence-electron chi connectivity index (χ3n) is 3.93. The number of nitrogens with one attached hydrogen (secondary N) is 1. The Labute approximate surface area is 153 Å². The standard InChI is InChI=1S/C19H16FN3O4/c1-10-8-14(13-9-12(20)3-4-15(13)22-10)19(27)23-21-7-6-11-2-5-16(24)18(26)17(11)25/h2-5,7-9,24-26H,6H2,1H3,(H,23,27). The first-order valence-corrected chi connectivity index (χ1v) is 7.98. The lowest BCUT2D eigenvalue weighted by molar-refractivity contribution is 0.0956. The maximum atomic E-state index is 13.5. The number of aryl methyl sites for hydroxylation is 1. The van der Waals surface area contributed by atoms with Crippen LogP contribution in [0.3, 0.4) is 0 Å². The summed E-state index contributed by atoms with van der Waals surface area (Å²) >= 11 is 0. The molecule has 3 aromatic rings. The van der Waals surface area contributed by atoms with Crippen molar-refractivity contribution in [3.05, 3.63) is 59.0 Å². The maximum absolute atomic E-state index is 13.5. The maximum Gasteiger partial charge on any atom is 0.272 e. The van der Waals surface area contributed by atoms with Gasteiger partial charge in [-0.05, 0) is 37.3 Å². The second kappa shape index (κ2) is 7.28. The number of hydrogen-bond acceptors (Lipinski definition) is 6. The summed E-state index contributed by atoms with van der Waals surface area (Å²) in [6, 6.07) is 8.19. The number of hydrazone groups is 1. The molecule has 0 spiro atoms.